The molecule has 0 atom stereocenters. The van der Waals surface area contributed by atoms with E-state index in [0.717, 1.165) is 24.5 Å². The van der Waals surface area contributed by atoms with E-state index in [4.69, 9.17) is 5.73 Å². The van der Waals surface area contributed by atoms with Crippen LogP contribution < -0.4 is 11.1 Å². The Kier molecular flexibility index (Phi) is 7.64. The average molecular weight is 546 g/mol. The van der Waals surface area contributed by atoms with Crippen molar-refractivity contribution in [2.45, 2.75) is 12.7 Å². The molecule has 0 spiro atoms. The topological polar surface area (TPSA) is 100 Å². The Hall–Kier alpha value is -4.53. The van der Waals surface area contributed by atoms with Gasteiger partial charge in [0.15, 0.2) is 0 Å². The third-order valence-corrected chi connectivity index (χ3v) is 6.72. The number of likely N-dealkylation sites (N-methyl/N-ethyl adjacent to an activating group) is 1. The van der Waals surface area contributed by atoms with E-state index in [9.17, 15) is 18.0 Å². The molecule has 1 fully saturated rings. The zero-order valence-corrected chi connectivity index (χ0v) is 21.7. The molecule has 8 nitrogen and oxygen atoms in total. The van der Waals surface area contributed by atoms with Gasteiger partial charge in [-0.25, -0.2) is 4.98 Å². The molecule has 4 heterocycles. The molecule has 1 saturated heterocycles. The van der Waals surface area contributed by atoms with Gasteiger partial charge >= 0.3 is 6.18 Å². The highest BCUT2D eigenvalue weighted by atomic mass is 19.4. The molecule has 3 aromatic heterocycles. The second kappa shape index (κ2) is 11.3. The van der Waals surface area contributed by atoms with Crippen LogP contribution in [0.15, 0.2) is 61.3 Å². The molecule has 204 valence electrons. The molecule has 4 aromatic rings. The molecular formula is C29H26F3N7O. The van der Waals surface area contributed by atoms with E-state index in [1.165, 1.54) is 30.6 Å². The van der Waals surface area contributed by atoms with E-state index in [2.05, 4.69) is 37.0 Å². The number of hydrogen-bond acceptors (Lipinski definition) is 7. The van der Waals surface area contributed by atoms with Crippen molar-refractivity contribution in [1.29, 1.82) is 0 Å². The number of fused-ring (bicyclic) bond motifs is 1. The van der Waals surface area contributed by atoms with Crippen LogP contribution in [0.25, 0.3) is 10.8 Å². The van der Waals surface area contributed by atoms with Crippen molar-refractivity contribution in [2.75, 3.05) is 44.3 Å². The number of anilines is 2. The van der Waals surface area contributed by atoms with E-state index in [1.807, 2.05) is 11.9 Å². The summed E-state index contributed by atoms with van der Waals surface area (Å²) in [6, 6.07) is 7.21. The molecule has 3 N–H and O–H groups in total. The summed E-state index contributed by atoms with van der Waals surface area (Å²) in [5.74, 6) is 5.72. The van der Waals surface area contributed by atoms with Crippen LogP contribution in [0.1, 0.15) is 32.6 Å². The first-order valence-electron chi connectivity index (χ1n) is 12.5. The Morgan fingerprint density at radius 3 is 2.58 bits per heavy atom. The summed E-state index contributed by atoms with van der Waals surface area (Å²) >= 11 is 0. The number of alkyl halides is 3. The van der Waals surface area contributed by atoms with Gasteiger partial charge in [0.25, 0.3) is 5.91 Å². The minimum Gasteiger partial charge on any atom is -0.383 e. The molecule has 5 rings (SSSR count). The summed E-state index contributed by atoms with van der Waals surface area (Å²) in [7, 11) is 1.99. The van der Waals surface area contributed by atoms with Crippen molar-refractivity contribution in [2.24, 2.45) is 0 Å². The number of pyridine rings is 3. The summed E-state index contributed by atoms with van der Waals surface area (Å²) in [6.45, 7) is 3.19. The van der Waals surface area contributed by atoms with E-state index in [-0.39, 0.29) is 23.4 Å². The maximum absolute atomic E-state index is 13.9. The standard InChI is InChI=1S/C29H26F3N7O/c1-38-8-10-39(11-9-38)18-21-4-5-23(13-26(21)29(30,31)32)37-28(40)22-12-19(14-35-15-22)2-3-20-16-36-27(33)25-17-34-7-6-24(20)25/h4-7,12-17H,8-11,18H2,1H3,(H2,33,36)(H,37,40). The van der Waals surface area contributed by atoms with Crippen LogP contribution >= 0.6 is 0 Å². The highest BCUT2D eigenvalue weighted by Crippen LogP contribution is 2.34. The largest absolute Gasteiger partial charge is 0.416 e. The van der Waals surface area contributed by atoms with Gasteiger partial charge < -0.3 is 16.0 Å². The van der Waals surface area contributed by atoms with Crippen molar-refractivity contribution < 1.29 is 18.0 Å². The quantitative estimate of drug-likeness (QED) is 0.374. The molecule has 0 aliphatic carbocycles. The summed E-state index contributed by atoms with van der Waals surface area (Å²) in [6.07, 6.45) is 3.06. The van der Waals surface area contributed by atoms with Gasteiger partial charge in [0.1, 0.15) is 5.82 Å². The number of halogens is 3. The number of carbonyl (C=O) groups excluding carboxylic acids is 1. The van der Waals surface area contributed by atoms with Crippen molar-refractivity contribution in [3.8, 4) is 11.8 Å². The van der Waals surface area contributed by atoms with E-state index in [0.29, 0.717) is 35.4 Å². The number of nitrogens with two attached hydrogens (primary N) is 1. The molecule has 1 aliphatic rings. The number of nitrogens with one attached hydrogen (secondary N) is 1. The lowest BCUT2D eigenvalue weighted by atomic mass is 10.0. The van der Waals surface area contributed by atoms with E-state index < -0.39 is 17.6 Å². The number of nitrogens with zero attached hydrogens (tertiary/aromatic N) is 5. The molecular weight excluding hydrogens is 519 g/mol. The second-order valence-corrected chi connectivity index (χ2v) is 9.59. The number of hydrogen-bond donors (Lipinski definition) is 2. The lowest BCUT2D eigenvalue weighted by molar-refractivity contribution is -0.138. The van der Waals surface area contributed by atoms with Crippen LogP contribution in [0.3, 0.4) is 0 Å². The van der Waals surface area contributed by atoms with Gasteiger partial charge in [0, 0.05) is 85.7 Å². The van der Waals surface area contributed by atoms with Crippen LogP contribution in [-0.2, 0) is 12.7 Å². The molecule has 1 amide bonds. The molecule has 0 radical (unpaired) electrons. The zero-order chi connectivity index (χ0) is 28.3. The van der Waals surface area contributed by atoms with Crippen LogP contribution in [-0.4, -0.2) is 63.9 Å². The first-order valence-corrected chi connectivity index (χ1v) is 12.5. The fourth-order valence-electron chi connectivity index (χ4n) is 4.48. The van der Waals surface area contributed by atoms with Gasteiger partial charge in [0.2, 0.25) is 0 Å². The number of piperazine rings is 1. The minimum atomic E-state index is -4.56. The predicted molar refractivity (Wildman–Crippen MR) is 146 cm³/mol. The van der Waals surface area contributed by atoms with Gasteiger partial charge in [-0.1, -0.05) is 17.9 Å². The Balaban J connectivity index is 1.34. The number of benzene rings is 1. The average Bonchev–Trinajstić information content (AvgIpc) is 2.94. The monoisotopic (exact) mass is 545 g/mol. The number of aromatic nitrogens is 3. The maximum Gasteiger partial charge on any atom is 0.416 e. The number of nitrogen functional groups attached to an aromatic ring is 1. The normalized spacial score (nSPS) is 14.5. The van der Waals surface area contributed by atoms with Gasteiger partial charge in [-0.3, -0.25) is 19.7 Å². The van der Waals surface area contributed by atoms with Gasteiger partial charge in [-0.2, -0.15) is 13.2 Å². The highest BCUT2D eigenvalue weighted by Gasteiger charge is 2.34. The Bertz CT molecular complexity index is 1620. The zero-order valence-electron chi connectivity index (χ0n) is 21.7. The summed E-state index contributed by atoms with van der Waals surface area (Å²) in [5, 5.41) is 4.02. The van der Waals surface area contributed by atoms with Crippen LogP contribution in [0, 0.1) is 11.8 Å². The summed E-state index contributed by atoms with van der Waals surface area (Å²) < 4.78 is 41.8. The van der Waals surface area contributed by atoms with Crippen LogP contribution in [0.5, 0.6) is 0 Å². The van der Waals surface area contributed by atoms with Gasteiger partial charge in [0.05, 0.1) is 16.7 Å². The number of rotatable bonds is 4. The molecule has 0 unspecified atom stereocenters. The molecule has 0 bridgehead atoms. The highest BCUT2D eigenvalue weighted by molar-refractivity contribution is 6.04. The molecule has 1 aliphatic heterocycles. The Morgan fingerprint density at radius 1 is 1.00 bits per heavy atom. The van der Waals surface area contributed by atoms with Crippen LogP contribution in [0.4, 0.5) is 24.7 Å². The Labute approximate surface area is 229 Å². The molecule has 0 saturated carbocycles. The Morgan fingerprint density at radius 2 is 1.80 bits per heavy atom. The fraction of sp³-hybridized carbons (Fsp3) is 0.241. The SMILES string of the molecule is CN1CCN(Cc2ccc(NC(=O)c3cncc(C#Cc4cnc(N)c5cnccc45)c3)cc2C(F)(F)F)CC1. The summed E-state index contributed by atoms with van der Waals surface area (Å²) in [5.41, 5.74) is 6.61. The third kappa shape index (κ3) is 6.20. The van der Waals surface area contributed by atoms with Gasteiger partial charge in [-0.05, 0) is 36.9 Å². The minimum absolute atomic E-state index is 0.0453. The number of amides is 1. The van der Waals surface area contributed by atoms with E-state index >= 15 is 0 Å². The van der Waals surface area contributed by atoms with Crippen molar-refractivity contribution in [3.05, 3.63) is 89.1 Å². The van der Waals surface area contributed by atoms with Crippen molar-refractivity contribution in [1.82, 2.24) is 24.8 Å². The molecule has 11 heteroatoms. The number of carbonyl (C=O) groups is 1. The fourth-order valence-corrected chi connectivity index (χ4v) is 4.48. The smallest absolute Gasteiger partial charge is 0.383 e. The maximum atomic E-state index is 13.9. The first-order chi connectivity index (χ1) is 19.2. The summed E-state index contributed by atoms with van der Waals surface area (Å²) in [4.78, 5) is 29.4. The third-order valence-electron chi connectivity index (χ3n) is 6.72. The molecule has 1 aromatic carbocycles. The van der Waals surface area contributed by atoms with Gasteiger partial charge in [-0.15, -0.1) is 0 Å². The first kappa shape index (κ1) is 27.1. The predicted octanol–water partition coefficient (Wildman–Crippen LogP) is 4.03. The lowest BCUT2D eigenvalue weighted by Crippen LogP contribution is -2.44. The van der Waals surface area contributed by atoms with E-state index in [1.54, 1.807) is 24.7 Å². The second-order valence-electron chi connectivity index (χ2n) is 9.59. The molecule has 40 heavy (non-hydrogen) atoms. The van der Waals surface area contributed by atoms with Crippen LogP contribution in [0.2, 0.25) is 0 Å². The van der Waals surface area contributed by atoms with Crippen molar-refractivity contribution >= 4 is 28.2 Å². The lowest BCUT2D eigenvalue weighted by Gasteiger charge is -2.33. The van der Waals surface area contributed by atoms with Crippen molar-refractivity contribution in [3.63, 3.8) is 0 Å².